The van der Waals surface area contributed by atoms with E-state index in [-0.39, 0.29) is 23.7 Å². The minimum absolute atomic E-state index is 0.0707. The molecule has 0 saturated carbocycles. The molecule has 1 saturated heterocycles. The normalized spacial score (nSPS) is 31.3. The Morgan fingerprint density at radius 1 is 1.15 bits per heavy atom. The van der Waals surface area contributed by atoms with Gasteiger partial charge in [-0.05, 0) is 43.2 Å². The second-order valence-corrected chi connectivity index (χ2v) is 7.92. The first-order chi connectivity index (χ1) is 13.0. The molecule has 1 aromatic carbocycles. The quantitative estimate of drug-likeness (QED) is 0.812. The summed E-state index contributed by atoms with van der Waals surface area (Å²) >= 11 is 6.06. The van der Waals surface area contributed by atoms with Gasteiger partial charge in [0.1, 0.15) is 6.07 Å². The predicted molar refractivity (Wildman–Crippen MR) is 101 cm³/mol. The van der Waals surface area contributed by atoms with E-state index in [2.05, 4.69) is 36.2 Å². The van der Waals surface area contributed by atoms with Gasteiger partial charge < -0.3 is 5.73 Å². The Morgan fingerprint density at radius 3 is 2.41 bits per heavy atom. The minimum atomic E-state index is -1.59. The fourth-order valence-electron chi connectivity index (χ4n) is 5.13. The number of benzene rings is 1. The zero-order valence-electron chi connectivity index (χ0n) is 14.9. The van der Waals surface area contributed by atoms with Gasteiger partial charge in [0, 0.05) is 28.9 Å². The second kappa shape index (κ2) is 6.14. The van der Waals surface area contributed by atoms with Crippen LogP contribution in [0.25, 0.3) is 0 Å². The van der Waals surface area contributed by atoms with Gasteiger partial charge in [0.25, 0.3) is 0 Å². The van der Waals surface area contributed by atoms with Gasteiger partial charge >= 0.3 is 0 Å². The molecular formula is C21H18ClN5. The van der Waals surface area contributed by atoms with Crippen molar-refractivity contribution in [1.29, 1.82) is 15.8 Å². The lowest BCUT2D eigenvalue weighted by molar-refractivity contribution is 0.160. The highest BCUT2D eigenvalue weighted by Crippen LogP contribution is 2.58. The van der Waals surface area contributed by atoms with E-state index in [1.165, 1.54) is 0 Å². The van der Waals surface area contributed by atoms with Crippen molar-refractivity contribution in [3.63, 3.8) is 0 Å². The molecule has 4 atom stereocenters. The molecule has 0 spiro atoms. The lowest BCUT2D eigenvalue weighted by Gasteiger charge is -2.48. The molecule has 1 aromatic rings. The van der Waals surface area contributed by atoms with Crippen molar-refractivity contribution in [2.24, 2.45) is 17.1 Å². The van der Waals surface area contributed by atoms with E-state index in [0.29, 0.717) is 10.6 Å². The number of allylic oxidation sites excluding steroid dienone is 2. The number of rotatable bonds is 1. The van der Waals surface area contributed by atoms with Crippen molar-refractivity contribution in [3.05, 3.63) is 57.8 Å². The van der Waals surface area contributed by atoms with Crippen LogP contribution in [0.5, 0.6) is 0 Å². The number of nitriles is 3. The van der Waals surface area contributed by atoms with Gasteiger partial charge in [-0.3, -0.25) is 4.90 Å². The van der Waals surface area contributed by atoms with Crippen LogP contribution in [0.4, 0.5) is 0 Å². The average molecular weight is 376 g/mol. The molecule has 4 rings (SSSR count). The van der Waals surface area contributed by atoms with Gasteiger partial charge in [-0.2, -0.15) is 15.8 Å². The summed E-state index contributed by atoms with van der Waals surface area (Å²) in [5.74, 6) is -0.601. The molecule has 0 radical (unpaired) electrons. The molecule has 0 aromatic heterocycles. The monoisotopic (exact) mass is 375 g/mol. The molecule has 0 unspecified atom stereocenters. The number of hydrogen-bond acceptors (Lipinski definition) is 5. The average Bonchev–Trinajstić information content (AvgIpc) is 2.91. The van der Waals surface area contributed by atoms with E-state index in [4.69, 9.17) is 17.3 Å². The Bertz CT molecular complexity index is 971. The van der Waals surface area contributed by atoms with Crippen molar-refractivity contribution < 1.29 is 0 Å². The standard InChI is InChI=1S/C21H18ClN5/c1-27-14-6-7-17(27)18-15(8-14)16(9-23)20(26)21(10-24,11-25)19(18)12-2-4-13(22)5-3-12/h2-5,8,14,17-19H,6-7,26H2,1H3/t14-,17-,18-,19-/m0/s1. The van der Waals surface area contributed by atoms with Gasteiger partial charge in [-0.25, -0.2) is 0 Å². The maximum atomic E-state index is 10.1. The first kappa shape index (κ1) is 17.6. The fourth-order valence-corrected chi connectivity index (χ4v) is 5.26. The summed E-state index contributed by atoms with van der Waals surface area (Å²) in [6.45, 7) is 0. The number of hydrogen-bond donors (Lipinski definition) is 1. The van der Waals surface area contributed by atoms with Gasteiger partial charge in [0.05, 0.1) is 23.4 Å². The maximum Gasteiger partial charge on any atom is 0.191 e. The molecule has 2 N–H and O–H groups in total. The van der Waals surface area contributed by atoms with Crippen molar-refractivity contribution in [1.82, 2.24) is 4.90 Å². The highest BCUT2D eigenvalue weighted by atomic mass is 35.5. The molecule has 1 aliphatic carbocycles. The third kappa shape index (κ3) is 2.25. The summed E-state index contributed by atoms with van der Waals surface area (Å²) in [5.41, 5.74) is 6.86. The number of nitrogens with two attached hydrogens (primary N) is 1. The molecule has 134 valence electrons. The highest BCUT2D eigenvalue weighted by molar-refractivity contribution is 6.30. The van der Waals surface area contributed by atoms with Crippen molar-refractivity contribution in [2.45, 2.75) is 30.8 Å². The Labute approximate surface area is 163 Å². The van der Waals surface area contributed by atoms with Crippen molar-refractivity contribution >= 4 is 11.6 Å². The van der Waals surface area contributed by atoms with E-state index in [1.54, 1.807) is 12.1 Å². The smallest absolute Gasteiger partial charge is 0.191 e. The molecule has 0 amide bonds. The van der Waals surface area contributed by atoms with Crippen LogP contribution in [0, 0.1) is 45.3 Å². The number of fused-ring (bicyclic) bond motifs is 4. The van der Waals surface area contributed by atoms with Crippen LogP contribution < -0.4 is 5.73 Å². The third-order valence-electron chi connectivity index (χ3n) is 6.45. The van der Waals surface area contributed by atoms with Crippen LogP contribution in [-0.2, 0) is 0 Å². The summed E-state index contributed by atoms with van der Waals surface area (Å²) in [5, 5.41) is 30.6. The Kier molecular flexibility index (Phi) is 4.01. The van der Waals surface area contributed by atoms with Crippen LogP contribution in [0.2, 0.25) is 5.02 Å². The predicted octanol–water partition coefficient (Wildman–Crippen LogP) is 3.23. The molecule has 2 bridgehead atoms. The van der Waals surface area contributed by atoms with E-state index in [0.717, 1.165) is 24.0 Å². The van der Waals surface area contributed by atoms with Crippen LogP contribution >= 0.6 is 11.6 Å². The van der Waals surface area contributed by atoms with E-state index < -0.39 is 11.3 Å². The first-order valence-electron chi connectivity index (χ1n) is 8.90. The fraction of sp³-hybridized carbons (Fsp3) is 0.381. The Hall–Kier alpha value is -2.78. The first-order valence-corrected chi connectivity index (χ1v) is 9.28. The zero-order chi connectivity index (χ0) is 19.3. The lowest BCUT2D eigenvalue weighted by atomic mass is 9.56. The van der Waals surface area contributed by atoms with Gasteiger partial charge in [0.15, 0.2) is 5.41 Å². The lowest BCUT2D eigenvalue weighted by Crippen LogP contribution is -2.51. The van der Waals surface area contributed by atoms with Crippen LogP contribution in [0.3, 0.4) is 0 Å². The summed E-state index contributed by atoms with van der Waals surface area (Å²) in [6, 6.07) is 14.2. The van der Waals surface area contributed by atoms with Crippen LogP contribution in [-0.4, -0.2) is 24.0 Å². The largest absolute Gasteiger partial charge is 0.399 e. The van der Waals surface area contributed by atoms with Crippen molar-refractivity contribution in [2.75, 3.05) is 7.05 Å². The Balaban J connectivity index is 2.04. The highest BCUT2D eigenvalue weighted by Gasteiger charge is 2.58. The molecular weight excluding hydrogens is 358 g/mol. The third-order valence-corrected chi connectivity index (χ3v) is 6.70. The molecule has 2 aliphatic heterocycles. The van der Waals surface area contributed by atoms with E-state index in [1.807, 2.05) is 12.1 Å². The molecule has 2 heterocycles. The zero-order valence-corrected chi connectivity index (χ0v) is 15.6. The van der Waals surface area contributed by atoms with Gasteiger partial charge in [0.2, 0.25) is 0 Å². The Morgan fingerprint density at radius 2 is 1.81 bits per heavy atom. The summed E-state index contributed by atoms with van der Waals surface area (Å²) in [6.07, 6.45) is 4.07. The molecule has 3 aliphatic rings. The topological polar surface area (TPSA) is 101 Å². The van der Waals surface area contributed by atoms with E-state index in [9.17, 15) is 15.8 Å². The summed E-state index contributed by atoms with van der Waals surface area (Å²) in [7, 11) is 2.07. The number of nitrogens with zero attached hydrogens (tertiary/aromatic N) is 4. The van der Waals surface area contributed by atoms with Crippen molar-refractivity contribution in [3.8, 4) is 18.2 Å². The van der Waals surface area contributed by atoms with Crippen LogP contribution in [0.15, 0.2) is 47.2 Å². The molecule has 5 nitrogen and oxygen atoms in total. The SMILES string of the molecule is CN1[C@@H]2C=C3C(C#N)=C(N)C(C#N)(C#N)[C@@H](c4ccc(Cl)cc4)[C@@H]3[C@@H]1CC2. The molecule has 6 heteroatoms. The molecule has 27 heavy (non-hydrogen) atoms. The van der Waals surface area contributed by atoms with E-state index >= 15 is 0 Å². The van der Waals surface area contributed by atoms with Gasteiger partial charge in [-0.15, -0.1) is 0 Å². The van der Waals surface area contributed by atoms with Gasteiger partial charge in [-0.1, -0.05) is 29.8 Å². The second-order valence-electron chi connectivity index (χ2n) is 7.49. The summed E-state index contributed by atoms with van der Waals surface area (Å²) in [4.78, 5) is 2.30. The van der Waals surface area contributed by atoms with Crippen LogP contribution in [0.1, 0.15) is 24.3 Å². The molecule has 1 fully saturated rings. The number of halogens is 1. The minimum Gasteiger partial charge on any atom is -0.399 e. The summed E-state index contributed by atoms with van der Waals surface area (Å²) < 4.78 is 0. The maximum absolute atomic E-state index is 10.1. The number of likely N-dealkylation sites (N-methyl/N-ethyl adjacent to an activating group) is 1.